The van der Waals surface area contributed by atoms with E-state index >= 15 is 0 Å². The Morgan fingerprint density at radius 1 is 1.04 bits per heavy atom. The number of likely N-dealkylation sites (N-methyl/N-ethyl adjacent to an activating group) is 1. The molecule has 1 atom stereocenters. The Labute approximate surface area is 135 Å². The summed E-state index contributed by atoms with van der Waals surface area (Å²) in [6.07, 6.45) is -0.782. The number of carboxylic acids is 1. The van der Waals surface area contributed by atoms with Crippen molar-refractivity contribution in [3.63, 3.8) is 0 Å². The second-order valence-corrected chi connectivity index (χ2v) is 5.36. The quantitative estimate of drug-likeness (QED) is 0.890. The molecule has 0 aliphatic rings. The van der Waals surface area contributed by atoms with Crippen molar-refractivity contribution in [3.05, 3.63) is 65.7 Å². The third-order valence-electron chi connectivity index (χ3n) is 3.30. The molecule has 1 amide bonds. The number of hydrogen-bond donors (Lipinski definition) is 1. The normalized spacial score (nSPS) is 11.6. The Bertz CT molecular complexity index is 665. The van der Waals surface area contributed by atoms with Gasteiger partial charge in [0.05, 0.1) is 6.42 Å². The van der Waals surface area contributed by atoms with Gasteiger partial charge in [-0.25, -0.2) is 0 Å². The lowest BCUT2D eigenvalue weighted by Gasteiger charge is -2.22. The van der Waals surface area contributed by atoms with Crippen LogP contribution in [-0.2, 0) is 16.0 Å². The number of carbonyl (C=O) groups excluding carboxylic acids is 1. The first kappa shape index (κ1) is 16.5. The van der Waals surface area contributed by atoms with Crippen LogP contribution in [0.25, 0.3) is 0 Å². The lowest BCUT2D eigenvalue weighted by atomic mass is 10.1. The van der Waals surface area contributed by atoms with Gasteiger partial charge in [-0.3, -0.25) is 9.59 Å². The minimum atomic E-state index is -0.886. The number of carboxylic acid groups (broad SMARTS) is 1. The highest BCUT2D eigenvalue weighted by Gasteiger charge is 2.24. The predicted molar refractivity (Wildman–Crippen MR) is 86.3 cm³/mol. The van der Waals surface area contributed by atoms with E-state index in [0.29, 0.717) is 11.3 Å². The van der Waals surface area contributed by atoms with Crippen LogP contribution in [0.1, 0.15) is 17.2 Å². The van der Waals surface area contributed by atoms with Crippen LogP contribution in [0.15, 0.2) is 54.6 Å². The standard InChI is InChI=1S/C18H19NO4/c1-19(2)18(22)17(14-6-4-3-5-7-14)23-15-10-8-13(9-11-15)12-16(20)21/h3-11,17H,12H2,1-2H3,(H,20,21)/t17-/m0/s1. The lowest BCUT2D eigenvalue weighted by molar-refractivity contribution is -0.137. The zero-order valence-electron chi connectivity index (χ0n) is 13.1. The van der Waals surface area contributed by atoms with Gasteiger partial charge in [0.2, 0.25) is 6.10 Å². The first-order valence-electron chi connectivity index (χ1n) is 7.21. The third-order valence-corrected chi connectivity index (χ3v) is 3.30. The van der Waals surface area contributed by atoms with Crippen LogP contribution < -0.4 is 4.74 Å². The monoisotopic (exact) mass is 313 g/mol. The molecule has 0 aliphatic heterocycles. The number of hydrogen-bond acceptors (Lipinski definition) is 3. The highest BCUT2D eigenvalue weighted by atomic mass is 16.5. The van der Waals surface area contributed by atoms with Crippen LogP contribution in [0, 0.1) is 0 Å². The minimum absolute atomic E-state index is 0.0426. The molecule has 0 radical (unpaired) electrons. The maximum atomic E-state index is 12.4. The maximum Gasteiger partial charge on any atom is 0.307 e. The molecule has 23 heavy (non-hydrogen) atoms. The largest absolute Gasteiger partial charge is 0.481 e. The van der Waals surface area contributed by atoms with Gasteiger partial charge in [0.25, 0.3) is 5.91 Å². The van der Waals surface area contributed by atoms with E-state index in [-0.39, 0.29) is 12.3 Å². The van der Waals surface area contributed by atoms with Crippen molar-refractivity contribution in [3.8, 4) is 5.75 Å². The Balaban J connectivity index is 2.21. The molecule has 1 N–H and O–H groups in total. The fourth-order valence-corrected chi connectivity index (χ4v) is 2.12. The number of amides is 1. The molecule has 0 heterocycles. The molecule has 5 heteroatoms. The zero-order chi connectivity index (χ0) is 16.8. The van der Waals surface area contributed by atoms with Gasteiger partial charge in [0.15, 0.2) is 0 Å². The lowest BCUT2D eigenvalue weighted by Crippen LogP contribution is -2.31. The summed E-state index contributed by atoms with van der Waals surface area (Å²) in [5.74, 6) is -0.530. The third kappa shape index (κ3) is 4.57. The maximum absolute atomic E-state index is 12.4. The van der Waals surface area contributed by atoms with E-state index in [1.54, 1.807) is 38.4 Å². The van der Waals surface area contributed by atoms with Crippen molar-refractivity contribution in [2.24, 2.45) is 0 Å². The highest BCUT2D eigenvalue weighted by Crippen LogP contribution is 2.24. The molecule has 0 saturated carbocycles. The average molecular weight is 313 g/mol. The van der Waals surface area contributed by atoms with Crippen LogP contribution in [0.3, 0.4) is 0 Å². The fraction of sp³-hybridized carbons (Fsp3) is 0.222. The number of carbonyl (C=O) groups is 2. The minimum Gasteiger partial charge on any atom is -0.481 e. The van der Waals surface area contributed by atoms with E-state index in [4.69, 9.17) is 9.84 Å². The summed E-state index contributed by atoms with van der Waals surface area (Å²) < 4.78 is 5.84. The molecule has 0 aliphatic carbocycles. The SMILES string of the molecule is CN(C)C(=O)[C@@H](Oc1ccc(CC(=O)O)cc1)c1ccccc1. The first-order valence-corrected chi connectivity index (χ1v) is 7.21. The molecule has 120 valence electrons. The number of rotatable bonds is 6. The summed E-state index contributed by atoms with van der Waals surface area (Å²) in [5.41, 5.74) is 1.45. The van der Waals surface area contributed by atoms with Gasteiger partial charge in [-0.2, -0.15) is 0 Å². The fourth-order valence-electron chi connectivity index (χ4n) is 2.12. The Hall–Kier alpha value is -2.82. The molecular weight excluding hydrogens is 294 g/mol. The second-order valence-electron chi connectivity index (χ2n) is 5.36. The van der Waals surface area contributed by atoms with Gasteiger partial charge in [0, 0.05) is 19.7 Å². The van der Waals surface area contributed by atoms with Crippen molar-refractivity contribution in [2.45, 2.75) is 12.5 Å². The van der Waals surface area contributed by atoms with Crippen molar-refractivity contribution in [2.75, 3.05) is 14.1 Å². The highest BCUT2D eigenvalue weighted by molar-refractivity contribution is 5.82. The van der Waals surface area contributed by atoms with Crippen molar-refractivity contribution < 1.29 is 19.4 Å². The van der Waals surface area contributed by atoms with Crippen LogP contribution in [0.2, 0.25) is 0 Å². The van der Waals surface area contributed by atoms with Crippen molar-refractivity contribution >= 4 is 11.9 Å². The summed E-state index contributed by atoms with van der Waals surface area (Å²) in [6, 6.07) is 16.0. The summed E-state index contributed by atoms with van der Waals surface area (Å²) in [4.78, 5) is 24.6. The topological polar surface area (TPSA) is 66.8 Å². The van der Waals surface area contributed by atoms with Gasteiger partial charge < -0.3 is 14.7 Å². The molecule has 0 bridgehead atoms. The van der Waals surface area contributed by atoms with E-state index in [2.05, 4.69) is 0 Å². The average Bonchev–Trinajstić information content (AvgIpc) is 2.53. The number of benzene rings is 2. The van der Waals surface area contributed by atoms with Gasteiger partial charge in [-0.15, -0.1) is 0 Å². The van der Waals surface area contributed by atoms with Crippen LogP contribution >= 0.6 is 0 Å². The molecule has 0 fully saturated rings. The van der Waals surface area contributed by atoms with Crippen molar-refractivity contribution in [1.29, 1.82) is 0 Å². The molecular formula is C18H19NO4. The van der Waals surface area contributed by atoms with Crippen LogP contribution in [0.4, 0.5) is 0 Å². The van der Waals surface area contributed by atoms with Gasteiger partial charge in [0.1, 0.15) is 5.75 Å². The molecule has 2 rings (SSSR count). The molecule has 0 unspecified atom stereocenters. The zero-order valence-corrected chi connectivity index (χ0v) is 13.1. The van der Waals surface area contributed by atoms with Gasteiger partial charge >= 0.3 is 5.97 Å². The number of ether oxygens (including phenoxy) is 1. The van der Waals surface area contributed by atoms with E-state index in [9.17, 15) is 9.59 Å². The van der Waals surface area contributed by atoms with Crippen LogP contribution in [-0.4, -0.2) is 36.0 Å². The first-order chi connectivity index (χ1) is 11.0. The number of aliphatic carboxylic acids is 1. The molecule has 0 aromatic heterocycles. The van der Waals surface area contributed by atoms with E-state index in [1.165, 1.54) is 4.90 Å². The number of nitrogens with zero attached hydrogens (tertiary/aromatic N) is 1. The summed E-state index contributed by atoms with van der Waals surface area (Å²) in [5, 5.41) is 8.78. The Kier molecular flexibility index (Phi) is 5.36. The molecule has 2 aromatic carbocycles. The summed E-state index contributed by atoms with van der Waals surface area (Å²) in [7, 11) is 3.36. The van der Waals surface area contributed by atoms with E-state index < -0.39 is 12.1 Å². The smallest absolute Gasteiger partial charge is 0.307 e. The Morgan fingerprint density at radius 2 is 1.65 bits per heavy atom. The Morgan fingerprint density at radius 3 is 2.17 bits per heavy atom. The molecule has 2 aromatic rings. The van der Waals surface area contributed by atoms with E-state index in [0.717, 1.165) is 5.56 Å². The summed E-state index contributed by atoms with van der Waals surface area (Å²) in [6.45, 7) is 0. The molecule has 5 nitrogen and oxygen atoms in total. The van der Waals surface area contributed by atoms with Crippen molar-refractivity contribution in [1.82, 2.24) is 4.90 Å². The van der Waals surface area contributed by atoms with Gasteiger partial charge in [-0.05, 0) is 17.7 Å². The summed E-state index contributed by atoms with van der Waals surface area (Å²) >= 11 is 0. The van der Waals surface area contributed by atoms with Crippen LogP contribution in [0.5, 0.6) is 5.75 Å². The molecule has 0 saturated heterocycles. The molecule has 0 spiro atoms. The van der Waals surface area contributed by atoms with Gasteiger partial charge in [-0.1, -0.05) is 42.5 Å². The van der Waals surface area contributed by atoms with E-state index in [1.807, 2.05) is 30.3 Å². The predicted octanol–water partition coefficient (Wildman–Crippen LogP) is 2.52. The second kappa shape index (κ2) is 7.45.